The SMILES string of the molecule is CC(C)(C)Cc1nc2cnc(-c3ncn[nH]3)cc2n1C1CCCC(NC=O)C1. The summed E-state index contributed by atoms with van der Waals surface area (Å²) in [6.45, 7) is 6.69. The minimum Gasteiger partial charge on any atom is -0.356 e. The van der Waals surface area contributed by atoms with E-state index >= 15 is 0 Å². The van der Waals surface area contributed by atoms with E-state index in [9.17, 15) is 4.79 Å². The summed E-state index contributed by atoms with van der Waals surface area (Å²) >= 11 is 0. The van der Waals surface area contributed by atoms with Gasteiger partial charge in [0.05, 0.1) is 11.7 Å². The summed E-state index contributed by atoms with van der Waals surface area (Å²) < 4.78 is 2.38. The Morgan fingerprint density at radius 2 is 2.18 bits per heavy atom. The van der Waals surface area contributed by atoms with Crippen LogP contribution in [-0.4, -0.2) is 42.2 Å². The maximum Gasteiger partial charge on any atom is 0.207 e. The molecule has 2 unspecified atom stereocenters. The minimum atomic E-state index is 0.120. The van der Waals surface area contributed by atoms with Crippen LogP contribution in [0.25, 0.3) is 22.6 Å². The molecule has 1 amide bonds. The molecule has 3 aromatic rings. The number of imidazole rings is 1. The summed E-state index contributed by atoms with van der Waals surface area (Å²) in [6, 6.07) is 2.57. The molecule has 0 radical (unpaired) electrons. The fourth-order valence-corrected chi connectivity index (χ4v) is 4.16. The summed E-state index contributed by atoms with van der Waals surface area (Å²) in [5.41, 5.74) is 2.84. The lowest BCUT2D eigenvalue weighted by Gasteiger charge is -2.32. The van der Waals surface area contributed by atoms with E-state index < -0.39 is 0 Å². The van der Waals surface area contributed by atoms with Gasteiger partial charge >= 0.3 is 0 Å². The van der Waals surface area contributed by atoms with E-state index in [1.54, 1.807) is 0 Å². The Hall–Kier alpha value is -2.77. The summed E-state index contributed by atoms with van der Waals surface area (Å²) in [6.07, 6.45) is 9.12. The van der Waals surface area contributed by atoms with Crippen LogP contribution in [0.5, 0.6) is 0 Å². The molecule has 0 aliphatic heterocycles. The van der Waals surface area contributed by atoms with Crippen LogP contribution in [0.4, 0.5) is 0 Å². The van der Waals surface area contributed by atoms with Crippen molar-refractivity contribution >= 4 is 17.4 Å². The molecule has 148 valence electrons. The van der Waals surface area contributed by atoms with Crippen LogP contribution >= 0.6 is 0 Å². The Labute approximate surface area is 164 Å². The van der Waals surface area contributed by atoms with Crippen LogP contribution in [-0.2, 0) is 11.2 Å². The van der Waals surface area contributed by atoms with E-state index in [2.05, 4.69) is 50.8 Å². The molecule has 2 N–H and O–H groups in total. The van der Waals surface area contributed by atoms with Gasteiger partial charge in [0, 0.05) is 18.5 Å². The summed E-state index contributed by atoms with van der Waals surface area (Å²) in [5.74, 6) is 1.73. The highest BCUT2D eigenvalue weighted by Crippen LogP contribution is 2.35. The van der Waals surface area contributed by atoms with Gasteiger partial charge in [-0.15, -0.1) is 0 Å². The van der Waals surface area contributed by atoms with Crippen LogP contribution in [0.15, 0.2) is 18.6 Å². The fraction of sp³-hybridized carbons (Fsp3) is 0.550. The van der Waals surface area contributed by atoms with Crippen LogP contribution in [0.3, 0.4) is 0 Å². The Morgan fingerprint density at radius 1 is 1.32 bits per heavy atom. The third-order valence-electron chi connectivity index (χ3n) is 5.31. The zero-order valence-electron chi connectivity index (χ0n) is 16.6. The Kier molecular flexibility index (Phi) is 4.87. The molecular formula is C20H27N7O. The van der Waals surface area contributed by atoms with E-state index in [4.69, 9.17) is 4.98 Å². The topological polar surface area (TPSA) is 101 Å². The number of carbonyl (C=O) groups is 1. The molecule has 1 saturated carbocycles. The fourth-order valence-electron chi connectivity index (χ4n) is 4.16. The molecule has 8 heteroatoms. The van der Waals surface area contributed by atoms with Crippen molar-refractivity contribution in [1.29, 1.82) is 0 Å². The number of pyridine rings is 1. The highest BCUT2D eigenvalue weighted by Gasteiger charge is 2.28. The van der Waals surface area contributed by atoms with Crippen molar-refractivity contribution in [1.82, 2.24) is 35.0 Å². The molecule has 3 heterocycles. The lowest BCUT2D eigenvalue weighted by Crippen LogP contribution is -2.34. The van der Waals surface area contributed by atoms with Gasteiger partial charge in [-0.2, -0.15) is 5.10 Å². The van der Waals surface area contributed by atoms with Crippen molar-refractivity contribution in [3.63, 3.8) is 0 Å². The number of amides is 1. The number of aromatic nitrogens is 6. The molecule has 1 aliphatic carbocycles. The van der Waals surface area contributed by atoms with Gasteiger partial charge in [-0.25, -0.2) is 9.97 Å². The molecule has 2 atom stereocenters. The molecule has 4 rings (SSSR count). The van der Waals surface area contributed by atoms with Crippen LogP contribution in [0.2, 0.25) is 0 Å². The maximum atomic E-state index is 11.0. The molecule has 1 aliphatic rings. The first-order chi connectivity index (χ1) is 13.4. The number of aromatic amines is 1. The van der Waals surface area contributed by atoms with Gasteiger partial charge in [-0.1, -0.05) is 20.8 Å². The monoisotopic (exact) mass is 381 g/mol. The van der Waals surface area contributed by atoms with Crippen LogP contribution in [0, 0.1) is 5.41 Å². The molecule has 8 nitrogen and oxygen atoms in total. The number of nitrogens with one attached hydrogen (secondary N) is 2. The number of fused-ring (bicyclic) bond motifs is 1. The largest absolute Gasteiger partial charge is 0.356 e. The molecule has 0 aromatic carbocycles. The number of nitrogens with zero attached hydrogens (tertiary/aromatic N) is 5. The van der Waals surface area contributed by atoms with Crippen LogP contribution in [0.1, 0.15) is 58.3 Å². The van der Waals surface area contributed by atoms with Crippen molar-refractivity contribution in [3.8, 4) is 11.5 Å². The number of rotatable bonds is 5. The zero-order chi connectivity index (χ0) is 19.7. The van der Waals surface area contributed by atoms with Gasteiger partial charge in [-0.05, 0) is 37.2 Å². The van der Waals surface area contributed by atoms with E-state index in [-0.39, 0.29) is 11.5 Å². The third kappa shape index (κ3) is 3.76. The van der Waals surface area contributed by atoms with Gasteiger partial charge < -0.3 is 9.88 Å². The zero-order valence-corrected chi connectivity index (χ0v) is 16.6. The first kappa shape index (κ1) is 18.6. The van der Waals surface area contributed by atoms with Gasteiger partial charge in [0.2, 0.25) is 6.41 Å². The van der Waals surface area contributed by atoms with Crippen molar-refractivity contribution in [3.05, 3.63) is 24.4 Å². The lowest BCUT2D eigenvalue weighted by molar-refractivity contribution is -0.110. The first-order valence-corrected chi connectivity index (χ1v) is 9.87. The Balaban J connectivity index is 1.80. The molecule has 0 saturated heterocycles. The van der Waals surface area contributed by atoms with Crippen molar-refractivity contribution in [2.45, 2.75) is 65.0 Å². The lowest BCUT2D eigenvalue weighted by atomic mass is 9.89. The molecular weight excluding hydrogens is 354 g/mol. The number of H-pyrrole nitrogens is 1. The normalized spacial score (nSPS) is 20.4. The molecule has 3 aromatic heterocycles. The van der Waals surface area contributed by atoms with Gasteiger partial charge in [0.25, 0.3) is 0 Å². The average molecular weight is 381 g/mol. The summed E-state index contributed by atoms with van der Waals surface area (Å²) in [5, 5.41) is 9.79. The van der Waals surface area contributed by atoms with E-state index in [1.165, 1.54) is 6.33 Å². The predicted molar refractivity (Wildman–Crippen MR) is 107 cm³/mol. The van der Waals surface area contributed by atoms with E-state index in [0.717, 1.165) is 61.1 Å². The molecule has 0 spiro atoms. The minimum absolute atomic E-state index is 0.120. The van der Waals surface area contributed by atoms with Crippen LogP contribution < -0.4 is 5.32 Å². The highest BCUT2D eigenvalue weighted by atomic mass is 16.1. The third-order valence-corrected chi connectivity index (χ3v) is 5.31. The maximum absolute atomic E-state index is 11.0. The van der Waals surface area contributed by atoms with Crippen molar-refractivity contribution < 1.29 is 4.79 Å². The number of carbonyl (C=O) groups excluding carboxylic acids is 1. The Morgan fingerprint density at radius 3 is 2.89 bits per heavy atom. The highest BCUT2D eigenvalue weighted by molar-refractivity contribution is 5.79. The first-order valence-electron chi connectivity index (χ1n) is 9.87. The standard InChI is InChI=1S/C20H27N7O/c1-20(2,3)9-18-25-16-10-21-15(19-22-11-24-26-19)8-17(16)27(18)14-6-4-5-13(7-14)23-12-28/h8,10-14H,4-7,9H2,1-3H3,(H,23,28)(H,22,24,26). The van der Waals surface area contributed by atoms with Crippen molar-refractivity contribution in [2.75, 3.05) is 0 Å². The van der Waals surface area contributed by atoms with Gasteiger partial charge in [0.1, 0.15) is 23.4 Å². The van der Waals surface area contributed by atoms with Gasteiger partial charge in [0.15, 0.2) is 5.82 Å². The van der Waals surface area contributed by atoms with E-state index in [0.29, 0.717) is 11.9 Å². The van der Waals surface area contributed by atoms with Gasteiger partial charge in [-0.3, -0.25) is 14.9 Å². The Bertz CT molecular complexity index is 955. The second kappa shape index (κ2) is 7.33. The summed E-state index contributed by atoms with van der Waals surface area (Å²) in [7, 11) is 0. The number of hydrogen-bond donors (Lipinski definition) is 2. The molecule has 0 bridgehead atoms. The smallest absolute Gasteiger partial charge is 0.207 e. The van der Waals surface area contributed by atoms with E-state index in [1.807, 2.05) is 12.3 Å². The quantitative estimate of drug-likeness (QED) is 0.662. The second-order valence-corrected chi connectivity index (χ2v) is 8.83. The average Bonchev–Trinajstić information content (AvgIpc) is 3.27. The summed E-state index contributed by atoms with van der Waals surface area (Å²) in [4.78, 5) is 24.6. The van der Waals surface area contributed by atoms with Crippen molar-refractivity contribution in [2.24, 2.45) is 5.41 Å². The number of hydrogen-bond acceptors (Lipinski definition) is 5. The molecule has 1 fully saturated rings. The molecule has 28 heavy (non-hydrogen) atoms. The second-order valence-electron chi connectivity index (χ2n) is 8.83. The predicted octanol–water partition coefficient (Wildman–Crippen LogP) is 3.03.